The number of morpholine rings is 1. The smallest absolute Gasteiger partial charge is 0.118 e. The summed E-state index contributed by atoms with van der Waals surface area (Å²) in [7, 11) is 1.69. The predicted molar refractivity (Wildman–Crippen MR) is 71.9 cm³/mol. The van der Waals surface area contributed by atoms with Gasteiger partial charge in [0.2, 0.25) is 0 Å². The summed E-state index contributed by atoms with van der Waals surface area (Å²) < 4.78 is 10.7. The third-order valence-electron chi connectivity index (χ3n) is 3.36. The van der Waals surface area contributed by atoms with Gasteiger partial charge in [-0.15, -0.1) is 0 Å². The summed E-state index contributed by atoms with van der Waals surface area (Å²) in [6, 6.07) is 8.27. The molecule has 1 aromatic carbocycles. The van der Waals surface area contributed by atoms with Gasteiger partial charge in [-0.2, -0.15) is 0 Å². The Morgan fingerprint density at radius 2 is 2.17 bits per heavy atom. The summed E-state index contributed by atoms with van der Waals surface area (Å²) in [5.41, 5.74) is 6.98. The van der Waals surface area contributed by atoms with Crippen molar-refractivity contribution in [3.63, 3.8) is 0 Å². The molecule has 1 heterocycles. The lowest BCUT2D eigenvalue weighted by atomic mass is 10.1. The number of nitrogens with two attached hydrogens (primary N) is 1. The number of ether oxygens (including phenoxy) is 2. The summed E-state index contributed by atoms with van der Waals surface area (Å²) in [6.07, 6.45) is 1.26. The zero-order valence-electron chi connectivity index (χ0n) is 11.0. The first-order chi connectivity index (χ1) is 8.81. The Kier molecular flexibility index (Phi) is 4.99. The molecule has 2 N–H and O–H groups in total. The van der Waals surface area contributed by atoms with Crippen molar-refractivity contribution in [2.75, 3.05) is 39.9 Å². The Morgan fingerprint density at radius 1 is 1.39 bits per heavy atom. The van der Waals surface area contributed by atoms with Crippen LogP contribution in [0.2, 0.25) is 0 Å². The van der Waals surface area contributed by atoms with E-state index < -0.39 is 0 Å². The standard InChI is InChI=1S/C14H22N2O2/c1-17-13-4-2-12(3-5-13)6-7-16-8-9-18-14(10-15)11-16/h2-5,14H,6-11,15H2,1H3. The van der Waals surface area contributed by atoms with E-state index in [1.165, 1.54) is 5.56 Å². The first-order valence-electron chi connectivity index (χ1n) is 6.49. The van der Waals surface area contributed by atoms with Gasteiger partial charge in [0.15, 0.2) is 0 Å². The average Bonchev–Trinajstić information content (AvgIpc) is 2.46. The predicted octanol–water partition coefficient (Wildman–Crippen LogP) is 0.897. The number of methoxy groups -OCH3 is 1. The van der Waals surface area contributed by atoms with Gasteiger partial charge in [-0.25, -0.2) is 0 Å². The van der Waals surface area contributed by atoms with E-state index >= 15 is 0 Å². The lowest BCUT2D eigenvalue weighted by Crippen LogP contribution is -2.46. The second-order valence-electron chi connectivity index (χ2n) is 4.63. The molecule has 0 aromatic heterocycles. The summed E-state index contributed by atoms with van der Waals surface area (Å²) in [4.78, 5) is 2.42. The molecule has 1 fully saturated rings. The molecule has 1 aromatic rings. The molecule has 1 atom stereocenters. The fourth-order valence-electron chi connectivity index (χ4n) is 2.21. The molecule has 4 heteroatoms. The van der Waals surface area contributed by atoms with E-state index in [-0.39, 0.29) is 6.10 Å². The van der Waals surface area contributed by atoms with Crippen molar-refractivity contribution in [3.05, 3.63) is 29.8 Å². The van der Waals surface area contributed by atoms with Gasteiger partial charge in [0.05, 0.1) is 19.8 Å². The normalized spacial score (nSPS) is 20.9. The number of rotatable bonds is 5. The highest BCUT2D eigenvalue weighted by Crippen LogP contribution is 2.12. The van der Waals surface area contributed by atoms with Crippen molar-refractivity contribution < 1.29 is 9.47 Å². The largest absolute Gasteiger partial charge is 0.497 e. The summed E-state index contributed by atoms with van der Waals surface area (Å²) in [6.45, 7) is 4.43. The lowest BCUT2D eigenvalue weighted by Gasteiger charge is -2.32. The average molecular weight is 250 g/mol. The van der Waals surface area contributed by atoms with Crippen LogP contribution in [0.25, 0.3) is 0 Å². The third-order valence-corrected chi connectivity index (χ3v) is 3.36. The van der Waals surface area contributed by atoms with Crippen LogP contribution in [0, 0.1) is 0 Å². The van der Waals surface area contributed by atoms with Gasteiger partial charge in [0.25, 0.3) is 0 Å². The molecule has 0 spiro atoms. The summed E-state index contributed by atoms with van der Waals surface area (Å²) in [5, 5.41) is 0. The molecule has 0 amide bonds. The van der Waals surface area contributed by atoms with Gasteiger partial charge in [-0.05, 0) is 24.1 Å². The highest BCUT2D eigenvalue weighted by Gasteiger charge is 2.18. The molecule has 1 saturated heterocycles. The van der Waals surface area contributed by atoms with Crippen molar-refractivity contribution in [3.8, 4) is 5.75 Å². The van der Waals surface area contributed by atoms with Gasteiger partial charge in [-0.3, -0.25) is 4.90 Å². The van der Waals surface area contributed by atoms with Gasteiger partial charge >= 0.3 is 0 Å². The molecule has 0 bridgehead atoms. The van der Waals surface area contributed by atoms with Crippen molar-refractivity contribution >= 4 is 0 Å². The Hall–Kier alpha value is -1.10. The zero-order chi connectivity index (χ0) is 12.8. The van der Waals surface area contributed by atoms with Gasteiger partial charge < -0.3 is 15.2 Å². The highest BCUT2D eigenvalue weighted by molar-refractivity contribution is 5.27. The second kappa shape index (κ2) is 6.73. The van der Waals surface area contributed by atoms with Crippen LogP contribution in [0.1, 0.15) is 5.56 Å². The molecule has 100 valence electrons. The monoisotopic (exact) mass is 250 g/mol. The van der Waals surface area contributed by atoms with Crippen molar-refractivity contribution in [2.45, 2.75) is 12.5 Å². The molecule has 1 aliphatic heterocycles. The maximum Gasteiger partial charge on any atom is 0.118 e. The van der Waals surface area contributed by atoms with E-state index in [0.717, 1.165) is 38.4 Å². The van der Waals surface area contributed by atoms with Crippen molar-refractivity contribution in [1.29, 1.82) is 0 Å². The minimum Gasteiger partial charge on any atom is -0.497 e. The van der Waals surface area contributed by atoms with Crippen LogP contribution in [-0.2, 0) is 11.2 Å². The Labute approximate surface area is 109 Å². The van der Waals surface area contributed by atoms with E-state index in [0.29, 0.717) is 6.54 Å². The van der Waals surface area contributed by atoms with Gasteiger partial charge in [0.1, 0.15) is 5.75 Å². The number of nitrogens with zero attached hydrogens (tertiary/aromatic N) is 1. The van der Waals surface area contributed by atoms with Crippen molar-refractivity contribution in [1.82, 2.24) is 4.90 Å². The molecule has 4 nitrogen and oxygen atoms in total. The van der Waals surface area contributed by atoms with Crippen LogP contribution in [-0.4, -0.2) is 50.9 Å². The van der Waals surface area contributed by atoms with E-state index in [2.05, 4.69) is 17.0 Å². The van der Waals surface area contributed by atoms with Crippen LogP contribution >= 0.6 is 0 Å². The Morgan fingerprint density at radius 3 is 2.83 bits per heavy atom. The van der Waals surface area contributed by atoms with Gasteiger partial charge in [-0.1, -0.05) is 12.1 Å². The van der Waals surface area contributed by atoms with E-state index in [1.54, 1.807) is 7.11 Å². The maximum absolute atomic E-state index is 5.64. The van der Waals surface area contributed by atoms with Crippen LogP contribution in [0.15, 0.2) is 24.3 Å². The Balaban J connectivity index is 1.79. The minimum absolute atomic E-state index is 0.203. The number of hydrogen-bond donors (Lipinski definition) is 1. The summed E-state index contributed by atoms with van der Waals surface area (Å²) in [5.74, 6) is 0.910. The van der Waals surface area contributed by atoms with Crippen LogP contribution in [0.4, 0.5) is 0 Å². The fraction of sp³-hybridized carbons (Fsp3) is 0.571. The molecule has 1 unspecified atom stereocenters. The van der Waals surface area contributed by atoms with Crippen LogP contribution in [0.5, 0.6) is 5.75 Å². The topological polar surface area (TPSA) is 47.7 Å². The second-order valence-corrected chi connectivity index (χ2v) is 4.63. The van der Waals surface area contributed by atoms with E-state index in [4.69, 9.17) is 15.2 Å². The van der Waals surface area contributed by atoms with Crippen LogP contribution in [0.3, 0.4) is 0 Å². The van der Waals surface area contributed by atoms with E-state index in [1.807, 2.05) is 12.1 Å². The number of benzene rings is 1. The molecule has 1 aliphatic rings. The molecular formula is C14H22N2O2. The highest BCUT2D eigenvalue weighted by atomic mass is 16.5. The zero-order valence-corrected chi connectivity index (χ0v) is 11.0. The fourth-order valence-corrected chi connectivity index (χ4v) is 2.21. The molecule has 0 aliphatic carbocycles. The quantitative estimate of drug-likeness (QED) is 0.843. The first-order valence-corrected chi connectivity index (χ1v) is 6.49. The minimum atomic E-state index is 0.203. The maximum atomic E-state index is 5.64. The van der Waals surface area contributed by atoms with Crippen molar-refractivity contribution in [2.24, 2.45) is 5.73 Å². The third kappa shape index (κ3) is 3.70. The first kappa shape index (κ1) is 13.3. The lowest BCUT2D eigenvalue weighted by molar-refractivity contribution is -0.0226. The Bertz CT molecular complexity index is 353. The van der Waals surface area contributed by atoms with Crippen LogP contribution < -0.4 is 10.5 Å². The van der Waals surface area contributed by atoms with E-state index in [9.17, 15) is 0 Å². The van der Waals surface area contributed by atoms with Gasteiger partial charge in [0, 0.05) is 26.2 Å². The molecular weight excluding hydrogens is 228 g/mol. The SMILES string of the molecule is COc1ccc(CCN2CCOC(CN)C2)cc1. The summed E-state index contributed by atoms with van der Waals surface area (Å²) >= 11 is 0. The molecule has 2 rings (SSSR count). The molecule has 18 heavy (non-hydrogen) atoms. The molecule has 0 saturated carbocycles. The molecule has 0 radical (unpaired) electrons. The number of hydrogen-bond acceptors (Lipinski definition) is 4.